The van der Waals surface area contributed by atoms with Crippen molar-refractivity contribution in [1.82, 2.24) is 14.5 Å². The van der Waals surface area contributed by atoms with E-state index in [1.165, 1.54) is 11.9 Å². The van der Waals surface area contributed by atoms with E-state index in [0.29, 0.717) is 17.5 Å². The Labute approximate surface area is 173 Å². The lowest BCUT2D eigenvalue weighted by molar-refractivity contribution is -0.140. The third kappa shape index (κ3) is 8.16. The van der Waals surface area contributed by atoms with Gasteiger partial charge in [-0.2, -0.15) is 4.31 Å². The van der Waals surface area contributed by atoms with E-state index in [1.807, 2.05) is 0 Å². The van der Waals surface area contributed by atoms with Gasteiger partial charge in [0.15, 0.2) is 0 Å². The van der Waals surface area contributed by atoms with E-state index >= 15 is 0 Å². The van der Waals surface area contributed by atoms with Crippen molar-refractivity contribution in [2.75, 3.05) is 26.4 Å². The van der Waals surface area contributed by atoms with E-state index < -0.39 is 22.0 Å². The van der Waals surface area contributed by atoms with Crippen molar-refractivity contribution in [3.05, 3.63) is 34.9 Å². The summed E-state index contributed by atoms with van der Waals surface area (Å²) in [5.74, 6) is -0.273. The minimum absolute atomic E-state index is 0.173. The van der Waals surface area contributed by atoms with Crippen LogP contribution in [0.15, 0.2) is 24.3 Å². The number of hydrogen-bond acceptors (Lipinski definition) is 4. The summed E-state index contributed by atoms with van der Waals surface area (Å²) in [6.07, 6.45) is 1.87. The van der Waals surface area contributed by atoms with Crippen LogP contribution in [0.1, 0.15) is 32.8 Å². The molecular formula is C19H30ClN3O4S. The van der Waals surface area contributed by atoms with Crippen LogP contribution >= 0.6 is 11.6 Å². The number of likely N-dealkylation sites (N-methyl/N-ethyl adjacent to an activating group) is 1. The summed E-state index contributed by atoms with van der Waals surface area (Å²) in [5, 5.41) is 3.41. The van der Waals surface area contributed by atoms with Gasteiger partial charge in [0.2, 0.25) is 21.8 Å². The van der Waals surface area contributed by atoms with Crippen LogP contribution in [0.5, 0.6) is 0 Å². The highest BCUT2D eigenvalue weighted by Gasteiger charge is 2.28. The minimum Gasteiger partial charge on any atom is -0.354 e. The number of nitrogens with one attached hydrogen (secondary N) is 1. The second kappa shape index (κ2) is 10.8. The predicted molar refractivity (Wildman–Crippen MR) is 111 cm³/mol. The van der Waals surface area contributed by atoms with Gasteiger partial charge in [-0.3, -0.25) is 9.59 Å². The molecule has 1 rings (SSSR count). The fourth-order valence-electron chi connectivity index (χ4n) is 2.40. The Bertz CT molecular complexity index is 766. The number of rotatable bonds is 10. The molecule has 0 radical (unpaired) electrons. The SMILES string of the molecule is CC(C)CCNC(=O)C(C)N(Cc1ccc(Cl)cc1)C(=O)CN(C)S(C)(=O)=O. The standard InChI is InChI=1S/C19H30ClN3O4S/c1-14(2)10-11-21-19(25)15(3)23(12-16-6-8-17(20)9-7-16)18(24)13-22(4)28(5,26)27/h6-9,14-15H,10-13H2,1-5H3,(H,21,25). The predicted octanol–water partition coefficient (Wildman–Crippen LogP) is 2.11. The van der Waals surface area contributed by atoms with Crippen LogP contribution in [-0.2, 0) is 26.2 Å². The number of benzene rings is 1. The van der Waals surface area contributed by atoms with Gasteiger partial charge in [-0.1, -0.05) is 37.6 Å². The van der Waals surface area contributed by atoms with E-state index in [4.69, 9.17) is 11.6 Å². The molecule has 0 aliphatic carbocycles. The molecule has 1 atom stereocenters. The lowest BCUT2D eigenvalue weighted by Crippen LogP contribution is -2.50. The average molecular weight is 432 g/mol. The molecule has 0 saturated carbocycles. The van der Waals surface area contributed by atoms with E-state index in [1.54, 1.807) is 31.2 Å². The van der Waals surface area contributed by atoms with Gasteiger partial charge in [-0.25, -0.2) is 8.42 Å². The van der Waals surface area contributed by atoms with Crippen molar-refractivity contribution in [3.63, 3.8) is 0 Å². The first-order valence-electron chi connectivity index (χ1n) is 9.14. The molecule has 1 aromatic rings. The van der Waals surface area contributed by atoms with Crippen LogP contribution in [0, 0.1) is 5.92 Å². The smallest absolute Gasteiger partial charge is 0.242 e. The maximum Gasteiger partial charge on any atom is 0.242 e. The zero-order valence-corrected chi connectivity index (χ0v) is 18.7. The van der Waals surface area contributed by atoms with Crippen LogP contribution in [0.4, 0.5) is 0 Å². The first-order valence-corrected chi connectivity index (χ1v) is 11.4. The molecule has 0 fully saturated rings. The molecule has 1 N–H and O–H groups in total. The normalized spacial score (nSPS) is 12.9. The van der Waals surface area contributed by atoms with Crippen molar-refractivity contribution in [2.45, 2.75) is 39.8 Å². The zero-order chi connectivity index (χ0) is 21.5. The lowest BCUT2D eigenvalue weighted by atomic mass is 10.1. The monoisotopic (exact) mass is 431 g/mol. The molecule has 0 heterocycles. The van der Waals surface area contributed by atoms with Crippen molar-refractivity contribution in [2.24, 2.45) is 5.92 Å². The molecule has 0 saturated heterocycles. The molecule has 0 aromatic heterocycles. The largest absolute Gasteiger partial charge is 0.354 e. The molecule has 0 aliphatic heterocycles. The average Bonchev–Trinajstić information content (AvgIpc) is 2.59. The van der Waals surface area contributed by atoms with Gasteiger partial charge < -0.3 is 10.2 Å². The number of amides is 2. The topological polar surface area (TPSA) is 86.8 Å². The number of carbonyl (C=O) groups is 2. The third-order valence-corrected chi connectivity index (χ3v) is 5.89. The molecule has 0 spiro atoms. The van der Waals surface area contributed by atoms with Gasteiger partial charge in [-0.15, -0.1) is 0 Å². The van der Waals surface area contributed by atoms with Crippen LogP contribution in [-0.4, -0.2) is 61.9 Å². The Morgan fingerprint density at radius 2 is 1.71 bits per heavy atom. The quantitative estimate of drug-likeness (QED) is 0.614. The molecular weight excluding hydrogens is 402 g/mol. The highest BCUT2D eigenvalue weighted by atomic mass is 35.5. The van der Waals surface area contributed by atoms with E-state index in [2.05, 4.69) is 19.2 Å². The van der Waals surface area contributed by atoms with Crippen molar-refractivity contribution in [1.29, 1.82) is 0 Å². The number of sulfonamides is 1. The van der Waals surface area contributed by atoms with Gasteiger partial charge in [0.1, 0.15) is 6.04 Å². The van der Waals surface area contributed by atoms with Crippen LogP contribution in [0.25, 0.3) is 0 Å². The summed E-state index contributed by atoms with van der Waals surface area (Å²) in [6.45, 7) is 6.12. The van der Waals surface area contributed by atoms with Crippen molar-refractivity contribution >= 4 is 33.4 Å². The van der Waals surface area contributed by atoms with Crippen molar-refractivity contribution in [3.8, 4) is 0 Å². The Morgan fingerprint density at radius 3 is 2.21 bits per heavy atom. The fourth-order valence-corrected chi connectivity index (χ4v) is 2.87. The van der Waals surface area contributed by atoms with Gasteiger partial charge in [0, 0.05) is 25.2 Å². The number of hydrogen-bond donors (Lipinski definition) is 1. The number of halogens is 1. The molecule has 28 heavy (non-hydrogen) atoms. The molecule has 7 nitrogen and oxygen atoms in total. The highest BCUT2D eigenvalue weighted by molar-refractivity contribution is 7.88. The second-order valence-electron chi connectivity index (χ2n) is 7.32. The van der Waals surface area contributed by atoms with Gasteiger partial charge >= 0.3 is 0 Å². The number of carbonyl (C=O) groups excluding carboxylic acids is 2. The van der Waals surface area contributed by atoms with Gasteiger partial charge in [-0.05, 0) is 37.0 Å². The Balaban J connectivity index is 2.96. The fraction of sp³-hybridized carbons (Fsp3) is 0.579. The summed E-state index contributed by atoms with van der Waals surface area (Å²) < 4.78 is 24.3. The molecule has 0 bridgehead atoms. The van der Waals surface area contributed by atoms with Gasteiger partial charge in [0.25, 0.3) is 0 Å². The Hall–Kier alpha value is -1.64. The molecule has 9 heteroatoms. The molecule has 1 unspecified atom stereocenters. The third-order valence-electron chi connectivity index (χ3n) is 4.38. The summed E-state index contributed by atoms with van der Waals surface area (Å²) in [4.78, 5) is 26.7. The molecule has 158 valence electrons. The molecule has 0 aliphatic rings. The summed E-state index contributed by atoms with van der Waals surface area (Å²) >= 11 is 5.91. The minimum atomic E-state index is -3.51. The summed E-state index contributed by atoms with van der Waals surface area (Å²) in [6, 6.07) is 6.20. The lowest BCUT2D eigenvalue weighted by Gasteiger charge is -2.30. The summed E-state index contributed by atoms with van der Waals surface area (Å²) in [7, 11) is -2.18. The Kier molecular flexibility index (Phi) is 9.39. The summed E-state index contributed by atoms with van der Waals surface area (Å²) in [5.41, 5.74) is 0.793. The Morgan fingerprint density at radius 1 is 1.14 bits per heavy atom. The van der Waals surface area contributed by atoms with Crippen LogP contribution in [0.3, 0.4) is 0 Å². The van der Waals surface area contributed by atoms with Crippen LogP contribution in [0.2, 0.25) is 5.02 Å². The first kappa shape index (κ1) is 24.4. The maximum absolute atomic E-state index is 12.8. The molecule has 1 aromatic carbocycles. The van der Waals surface area contributed by atoms with E-state index in [0.717, 1.165) is 22.5 Å². The second-order valence-corrected chi connectivity index (χ2v) is 9.84. The van der Waals surface area contributed by atoms with E-state index in [9.17, 15) is 18.0 Å². The highest BCUT2D eigenvalue weighted by Crippen LogP contribution is 2.14. The zero-order valence-electron chi connectivity index (χ0n) is 17.1. The maximum atomic E-state index is 12.8. The first-order chi connectivity index (χ1) is 12.9. The van der Waals surface area contributed by atoms with Crippen LogP contribution < -0.4 is 5.32 Å². The number of nitrogens with zero attached hydrogens (tertiary/aromatic N) is 2. The van der Waals surface area contributed by atoms with Gasteiger partial charge in [0.05, 0.1) is 12.8 Å². The van der Waals surface area contributed by atoms with Crippen molar-refractivity contribution < 1.29 is 18.0 Å². The van der Waals surface area contributed by atoms with E-state index in [-0.39, 0.29) is 19.0 Å². The molecule has 2 amide bonds.